The van der Waals surface area contributed by atoms with Gasteiger partial charge in [0.25, 0.3) is 0 Å². The zero-order valence-electron chi connectivity index (χ0n) is 14.1. The molecule has 0 aliphatic heterocycles. The van der Waals surface area contributed by atoms with Crippen molar-refractivity contribution in [2.75, 3.05) is 0 Å². The van der Waals surface area contributed by atoms with Gasteiger partial charge < -0.3 is 9.26 Å². The van der Waals surface area contributed by atoms with Crippen molar-refractivity contribution in [1.82, 2.24) is 30.3 Å². The monoisotopic (exact) mass is 382 g/mol. The second-order valence-corrected chi connectivity index (χ2v) is 6.31. The summed E-state index contributed by atoms with van der Waals surface area (Å²) in [6.07, 6.45) is 0.428. The number of esters is 1. The van der Waals surface area contributed by atoms with Gasteiger partial charge in [-0.3, -0.25) is 4.79 Å². The molecule has 0 unspecified atom stereocenters. The molecule has 0 bridgehead atoms. The lowest BCUT2D eigenvalue weighted by atomic mass is 10.3. The van der Waals surface area contributed by atoms with Crippen molar-refractivity contribution in [3.05, 3.63) is 58.9 Å². The maximum absolute atomic E-state index is 12.0. The van der Waals surface area contributed by atoms with E-state index >= 15 is 0 Å². The van der Waals surface area contributed by atoms with Gasteiger partial charge in [-0.25, -0.2) is 0 Å². The molecule has 3 aromatic heterocycles. The number of ether oxygens (including phenoxy) is 1. The fourth-order valence-corrected chi connectivity index (χ4v) is 2.99. The first-order chi connectivity index (χ1) is 13.3. The van der Waals surface area contributed by atoms with E-state index < -0.39 is 5.97 Å². The molecule has 0 radical (unpaired) electrons. The fraction of sp³-hybridized carbons (Fsp3) is 0.176. The number of hydrogen-bond acceptors (Lipinski definition) is 9. The van der Waals surface area contributed by atoms with E-state index in [1.807, 2.05) is 47.2 Å². The van der Waals surface area contributed by atoms with Crippen molar-refractivity contribution in [3.63, 3.8) is 0 Å². The van der Waals surface area contributed by atoms with E-state index in [9.17, 15) is 4.79 Å². The normalized spacial score (nSPS) is 10.8. The van der Waals surface area contributed by atoms with Gasteiger partial charge in [-0.15, -0.1) is 5.10 Å². The molecule has 0 N–H and O–H groups in total. The molecular weight excluding hydrogens is 368 g/mol. The molecule has 0 saturated heterocycles. The minimum atomic E-state index is -0.395. The third-order valence-electron chi connectivity index (χ3n) is 3.69. The summed E-state index contributed by atoms with van der Waals surface area (Å²) in [5, 5.41) is 19.2. The summed E-state index contributed by atoms with van der Waals surface area (Å²) in [6, 6.07) is 11.3. The van der Waals surface area contributed by atoms with E-state index in [-0.39, 0.29) is 13.0 Å². The van der Waals surface area contributed by atoms with Crippen LogP contribution in [-0.4, -0.2) is 36.3 Å². The largest absolute Gasteiger partial charge is 0.457 e. The van der Waals surface area contributed by atoms with Crippen molar-refractivity contribution in [2.24, 2.45) is 0 Å². The first kappa shape index (κ1) is 17.0. The molecule has 3 heterocycles. The molecule has 1 aromatic carbocycles. The molecule has 0 amide bonds. The molecule has 10 heteroatoms. The maximum Gasteiger partial charge on any atom is 0.306 e. The Morgan fingerprint density at radius 3 is 2.93 bits per heavy atom. The average molecular weight is 382 g/mol. The Bertz CT molecular complexity index is 1010. The van der Waals surface area contributed by atoms with E-state index in [4.69, 9.17) is 9.26 Å². The molecule has 0 spiro atoms. The molecule has 0 aliphatic carbocycles. The van der Waals surface area contributed by atoms with E-state index in [0.29, 0.717) is 24.0 Å². The number of aryl methyl sites for hydroxylation is 1. The van der Waals surface area contributed by atoms with E-state index in [2.05, 4.69) is 25.7 Å². The highest BCUT2D eigenvalue weighted by Crippen LogP contribution is 2.19. The predicted octanol–water partition coefficient (Wildman–Crippen LogP) is 2.45. The predicted molar refractivity (Wildman–Crippen MR) is 94.9 cm³/mol. The van der Waals surface area contributed by atoms with E-state index in [1.54, 1.807) is 11.3 Å². The third-order valence-corrected chi connectivity index (χ3v) is 4.37. The second-order valence-electron chi connectivity index (χ2n) is 5.53. The van der Waals surface area contributed by atoms with Crippen LogP contribution in [0.2, 0.25) is 0 Å². The van der Waals surface area contributed by atoms with Crippen LogP contribution < -0.4 is 0 Å². The van der Waals surface area contributed by atoms with Crippen molar-refractivity contribution in [1.29, 1.82) is 0 Å². The zero-order valence-corrected chi connectivity index (χ0v) is 14.9. The van der Waals surface area contributed by atoms with Gasteiger partial charge in [0, 0.05) is 17.4 Å². The van der Waals surface area contributed by atoms with E-state index in [1.165, 1.54) is 4.68 Å². The first-order valence-electron chi connectivity index (χ1n) is 8.13. The highest BCUT2D eigenvalue weighted by molar-refractivity contribution is 7.08. The number of carbonyl (C=O) groups is 1. The van der Waals surface area contributed by atoms with Gasteiger partial charge in [0.1, 0.15) is 0 Å². The number of hydrogen-bond donors (Lipinski definition) is 0. The van der Waals surface area contributed by atoms with Gasteiger partial charge in [0.05, 0.1) is 12.1 Å². The van der Waals surface area contributed by atoms with Crippen LogP contribution in [-0.2, 0) is 22.6 Å². The smallest absolute Gasteiger partial charge is 0.306 e. The average Bonchev–Trinajstić information content (AvgIpc) is 3.46. The Kier molecular flexibility index (Phi) is 4.97. The molecule has 27 heavy (non-hydrogen) atoms. The number of nitrogens with zero attached hydrogens (tertiary/aromatic N) is 6. The van der Waals surface area contributed by atoms with Crippen molar-refractivity contribution >= 4 is 17.3 Å². The zero-order chi connectivity index (χ0) is 18.5. The Labute approximate surface area is 157 Å². The van der Waals surface area contributed by atoms with Crippen LogP contribution in [0.5, 0.6) is 0 Å². The van der Waals surface area contributed by atoms with Crippen molar-refractivity contribution in [3.8, 4) is 17.1 Å². The fourth-order valence-electron chi connectivity index (χ4n) is 2.36. The number of thiophene rings is 1. The van der Waals surface area contributed by atoms with Crippen LogP contribution in [0.3, 0.4) is 0 Å². The van der Waals surface area contributed by atoms with Crippen LogP contribution in [0.15, 0.2) is 51.7 Å². The maximum atomic E-state index is 12.0. The summed E-state index contributed by atoms with van der Waals surface area (Å²) >= 11 is 1.55. The number of aromatic nitrogens is 6. The van der Waals surface area contributed by atoms with Crippen molar-refractivity contribution in [2.45, 2.75) is 19.4 Å². The summed E-state index contributed by atoms with van der Waals surface area (Å²) < 4.78 is 12.0. The summed E-state index contributed by atoms with van der Waals surface area (Å²) in [5.74, 6) is 0.948. The number of carbonyl (C=O) groups excluding carboxylic acids is 1. The molecule has 4 rings (SSSR count). The Morgan fingerprint density at radius 2 is 2.11 bits per heavy atom. The van der Waals surface area contributed by atoms with Gasteiger partial charge in [0.15, 0.2) is 12.4 Å². The number of benzene rings is 1. The van der Waals surface area contributed by atoms with Gasteiger partial charge in [-0.1, -0.05) is 23.4 Å². The topological polar surface area (TPSA) is 109 Å². The SMILES string of the molecule is O=C(CCc1nc(-c2ccsc2)no1)OCc1nnnn1-c1ccccc1. The minimum Gasteiger partial charge on any atom is -0.457 e. The van der Waals surface area contributed by atoms with Crippen LogP contribution in [0.1, 0.15) is 18.1 Å². The summed E-state index contributed by atoms with van der Waals surface area (Å²) in [4.78, 5) is 16.3. The van der Waals surface area contributed by atoms with Gasteiger partial charge in [0.2, 0.25) is 11.7 Å². The quantitative estimate of drug-likeness (QED) is 0.448. The molecule has 9 nitrogen and oxygen atoms in total. The molecule has 0 saturated carbocycles. The molecule has 0 fully saturated rings. The number of para-hydroxylation sites is 1. The Balaban J connectivity index is 1.30. The summed E-state index contributed by atoms with van der Waals surface area (Å²) in [7, 11) is 0. The Morgan fingerprint density at radius 1 is 1.22 bits per heavy atom. The molecular formula is C17H14N6O3S. The second kappa shape index (κ2) is 7.87. The molecule has 0 aliphatic rings. The highest BCUT2D eigenvalue weighted by Gasteiger charge is 2.14. The molecule has 136 valence electrons. The minimum absolute atomic E-state index is 0.0231. The summed E-state index contributed by atoms with van der Waals surface area (Å²) in [5.41, 5.74) is 1.69. The molecule has 4 aromatic rings. The molecule has 0 atom stereocenters. The van der Waals surface area contributed by atoms with E-state index in [0.717, 1.165) is 11.3 Å². The first-order valence-corrected chi connectivity index (χ1v) is 9.07. The van der Waals surface area contributed by atoms with Gasteiger partial charge >= 0.3 is 5.97 Å². The van der Waals surface area contributed by atoms with Crippen LogP contribution >= 0.6 is 11.3 Å². The van der Waals surface area contributed by atoms with Crippen molar-refractivity contribution < 1.29 is 14.1 Å². The highest BCUT2D eigenvalue weighted by atomic mass is 32.1. The van der Waals surface area contributed by atoms with Crippen LogP contribution in [0.25, 0.3) is 17.1 Å². The Hall–Kier alpha value is -3.40. The standard InChI is InChI=1S/C17H14N6O3S/c24-16(7-6-15-18-17(20-26-15)12-8-9-27-11-12)25-10-14-19-21-22-23(14)13-4-2-1-3-5-13/h1-5,8-9,11H,6-7,10H2. The lowest BCUT2D eigenvalue weighted by Crippen LogP contribution is -2.10. The lowest BCUT2D eigenvalue weighted by molar-refractivity contribution is -0.145. The third kappa shape index (κ3) is 4.06. The lowest BCUT2D eigenvalue weighted by Gasteiger charge is -2.05. The van der Waals surface area contributed by atoms with Crippen LogP contribution in [0.4, 0.5) is 0 Å². The number of tetrazole rings is 1. The summed E-state index contributed by atoms with van der Waals surface area (Å²) in [6.45, 7) is -0.0231. The van der Waals surface area contributed by atoms with Gasteiger partial charge in [-0.2, -0.15) is 21.0 Å². The van der Waals surface area contributed by atoms with Gasteiger partial charge in [-0.05, 0) is 34.0 Å². The van der Waals surface area contributed by atoms with Crippen LogP contribution in [0, 0.1) is 0 Å². The number of rotatable bonds is 7.